The lowest BCUT2D eigenvalue weighted by atomic mass is 9.83. The molecule has 22 heavy (non-hydrogen) atoms. The lowest BCUT2D eigenvalue weighted by Gasteiger charge is -2.20. The van der Waals surface area contributed by atoms with Crippen molar-refractivity contribution >= 4 is 22.7 Å². The molecule has 0 amide bonds. The van der Waals surface area contributed by atoms with E-state index in [1.165, 1.54) is 0 Å². The van der Waals surface area contributed by atoms with E-state index < -0.39 is 0 Å². The molecule has 2 aliphatic carbocycles. The molecule has 2 aromatic carbocycles. The van der Waals surface area contributed by atoms with Crippen molar-refractivity contribution in [3.05, 3.63) is 95.1 Å². The van der Waals surface area contributed by atoms with Gasteiger partial charge in [-0.05, 0) is 46.6 Å². The van der Waals surface area contributed by atoms with E-state index in [1.54, 1.807) is 12.2 Å². The van der Waals surface area contributed by atoms with Crippen LogP contribution >= 0.6 is 0 Å². The summed E-state index contributed by atoms with van der Waals surface area (Å²) < 4.78 is 0. The molecule has 0 atom stereocenters. The molecule has 0 heterocycles. The molecule has 0 N–H and O–H groups in total. The first-order valence-electron chi connectivity index (χ1n) is 7.13. The first kappa shape index (κ1) is 12.7. The summed E-state index contributed by atoms with van der Waals surface area (Å²) in [7, 11) is 0. The molecule has 2 aliphatic rings. The van der Waals surface area contributed by atoms with Crippen LogP contribution < -0.4 is 0 Å². The van der Waals surface area contributed by atoms with E-state index >= 15 is 0 Å². The average molecular weight is 284 g/mol. The molecule has 0 spiro atoms. The Bertz CT molecular complexity index is 835. The van der Waals surface area contributed by atoms with Crippen molar-refractivity contribution < 1.29 is 9.59 Å². The number of ketones is 2. The van der Waals surface area contributed by atoms with Crippen LogP contribution in [0.15, 0.2) is 72.8 Å². The lowest BCUT2D eigenvalue weighted by Crippen LogP contribution is -2.09. The van der Waals surface area contributed by atoms with E-state index in [0.29, 0.717) is 11.1 Å². The molecule has 0 aliphatic heterocycles. The number of rotatable bonds is 0. The number of carbonyl (C=O) groups is 2. The summed E-state index contributed by atoms with van der Waals surface area (Å²) in [5.74, 6) is 0.0354. The molecule has 0 saturated carbocycles. The molecule has 2 nitrogen and oxygen atoms in total. The predicted molar refractivity (Wildman–Crippen MR) is 86.6 cm³/mol. The molecule has 0 aromatic heterocycles. The maximum Gasteiger partial charge on any atom is 0.186 e. The summed E-state index contributed by atoms with van der Waals surface area (Å²) in [4.78, 5) is 24.1. The second-order valence-electron chi connectivity index (χ2n) is 5.31. The second-order valence-corrected chi connectivity index (χ2v) is 5.31. The normalized spacial score (nSPS) is 19.1. The summed E-state index contributed by atoms with van der Waals surface area (Å²) in [6.45, 7) is 0. The molecule has 0 saturated heterocycles. The number of carbonyl (C=O) groups excluding carboxylic acids is 2. The molecular formula is C20H12O2. The maximum atomic E-state index is 12.0. The van der Waals surface area contributed by atoms with Gasteiger partial charge in [-0.2, -0.15) is 0 Å². The van der Waals surface area contributed by atoms with Crippen LogP contribution in [0, 0.1) is 0 Å². The minimum atomic E-state index is 0.0177. The van der Waals surface area contributed by atoms with E-state index in [9.17, 15) is 9.59 Å². The zero-order valence-corrected chi connectivity index (χ0v) is 11.7. The quantitative estimate of drug-likeness (QED) is 0.729. The highest BCUT2D eigenvalue weighted by molar-refractivity contribution is 6.20. The Kier molecular flexibility index (Phi) is 2.76. The Balaban J connectivity index is 2.04. The third-order valence-corrected chi connectivity index (χ3v) is 4.06. The summed E-state index contributed by atoms with van der Waals surface area (Å²) in [6.07, 6.45) is 6.88. The number of benzene rings is 2. The van der Waals surface area contributed by atoms with Gasteiger partial charge in [0.15, 0.2) is 11.6 Å². The summed E-state index contributed by atoms with van der Waals surface area (Å²) in [5.41, 5.74) is 5.20. The molecule has 104 valence electrons. The van der Waals surface area contributed by atoms with Gasteiger partial charge in [0, 0.05) is 11.1 Å². The minimum absolute atomic E-state index is 0.0177. The molecule has 0 unspecified atom stereocenters. The van der Waals surface area contributed by atoms with Crippen LogP contribution in [0.3, 0.4) is 0 Å². The van der Waals surface area contributed by atoms with E-state index in [1.807, 2.05) is 60.7 Å². The lowest BCUT2D eigenvalue weighted by molar-refractivity contribution is 0.103. The van der Waals surface area contributed by atoms with Gasteiger partial charge >= 0.3 is 0 Å². The van der Waals surface area contributed by atoms with Crippen molar-refractivity contribution in [1.29, 1.82) is 0 Å². The monoisotopic (exact) mass is 284 g/mol. The van der Waals surface area contributed by atoms with Gasteiger partial charge in [0.05, 0.1) is 0 Å². The number of fused-ring (bicyclic) bond motifs is 2. The van der Waals surface area contributed by atoms with Gasteiger partial charge in [-0.25, -0.2) is 0 Å². The van der Waals surface area contributed by atoms with Gasteiger partial charge in [0.25, 0.3) is 0 Å². The summed E-state index contributed by atoms with van der Waals surface area (Å²) in [6, 6.07) is 15.2. The molecule has 0 fully saturated rings. The van der Waals surface area contributed by atoms with Crippen molar-refractivity contribution in [2.24, 2.45) is 0 Å². The zero-order chi connectivity index (χ0) is 15.1. The third-order valence-electron chi connectivity index (χ3n) is 4.06. The van der Waals surface area contributed by atoms with E-state index in [-0.39, 0.29) is 11.6 Å². The number of allylic oxidation sites excluding steroid dienone is 6. The molecular weight excluding hydrogens is 272 g/mol. The molecule has 0 bridgehead atoms. The van der Waals surface area contributed by atoms with Gasteiger partial charge < -0.3 is 0 Å². The standard InChI is InChI=1S/C20H12O2/c21-19-11-9-15(13-5-1-3-7-17(13)19)16-10-12-20(22)18-8-4-2-6-14(16)18/h1-12H. The summed E-state index contributed by atoms with van der Waals surface area (Å²) >= 11 is 0. The SMILES string of the molecule is O=C1C=CC(=C2C=CC(=O)c3ccccc32)c2ccccc21. The van der Waals surface area contributed by atoms with Gasteiger partial charge in [-0.3, -0.25) is 9.59 Å². The smallest absolute Gasteiger partial charge is 0.186 e. The van der Waals surface area contributed by atoms with Crippen LogP contribution in [0.5, 0.6) is 0 Å². The maximum absolute atomic E-state index is 12.0. The van der Waals surface area contributed by atoms with E-state index in [2.05, 4.69) is 0 Å². The van der Waals surface area contributed by atoms with Crippen LogP contribution in [-0.4, -0.2) is 11.6 Å². The van der Waals surface area contributed by atoms with Crippen molar-refractivity contribution in [3.63, 3.8) is 0 Å². The highest BCUT2D eigenvalue weighted by Gasteiger charge is 2.22. The Labute approximate surface area is 128 Å². The van der Waals surface area contributed by atoms with Gasteiger partial charge in [0.1, 0.15) is 0 Å². The highest BCUT2D eigenvalue weighted by atomic mass is 16.1. The van der Waals surface area contributed by atoms with Crippen LogP contribution in [0.1, 0.15) is 31.8 Å². The van der Waals surface area contributed by atoms with Crippen LogP contribution in [-0.2, 0) is 0 Å². The van der Waals surface area contributed by atoms with E-state index in [0.717, 1.165) is 22.3 Å². The molecule has 0 radical (unpaired) electrons. The zero-order valence-electron chi connectivity index (χ0n) is 11.7. The Morgan fingerprint density at radius 1 is 0.455 bits per heavy atom. The topological polar surface area (TPSA) is 34.1 Å². The van der Waals surface area contributed by atoms with Crippen molar-refractivity contribution in [3.8, 4) is 0 Å². The Morgan fingerprint density at radius 2 is 0.818 bits per heavy atom. The molecule has 2 aromatic rings. The van der Waals surface area contributed by atoms with Crippen molar-refractivity contribution in [2.75, 3.05) is 0 Å². The van der Waals surface area contributed by atoms with Crippen LogP contribution in [0.2, 0.25) is 0 Å². The van der Waals surface area contributed by atoms with Crippen LogP contribution in [0.25, 0.3) is 11.1 Å². The number of hydrogen-bond donors (Lipinski definition) is 0. The fraction of sp³-hybridized carbons (Fsp3) is 0. The van der Waals surface area contributed by atoms with Gasteiger partial charge in [0.2, 0.25) is 0 Å². The van der Waals surface area contributed by atoms with Crippen LogP contribution in [0.4, 0.5) is 0 Å². The highest BCUT2D eigenvalue weighted by Crippen LogP contribution is 2.36. The van der Waals surface area contributed by atoms with Crippen molar-refractivity contribution in [1.82, 2.24) is 0 Å². The molecule has 2 heteroatoms. The molecule has 4 rings (SSSR count). The Morgan fingerprint density at radius 3 is 1.23 bits per heavy atom. The minimum Gasteiger partial charge on any atom is -0.289 e. The van der Waals surface area contributed by atoms with Gasteiger partial charge in [-0.15, -0.1) is 0 Å². The average Bonchev–Trinajstić information content (AvgIpc) is 2.57. The first-order chi connectivity index (χ1) is 10.8. The van der Waals surface area contributed by atoms with Crippen molar-refractivity contribution in [2.45, 2.75) is 0 Å². The van der Waals surface area contributed by atoms with E-state index in [4.69, 9.17) is 0 Å². The second kappa shape index (κ2) is 4.78. The number of hydrogen-bond acceptors (Lipinski definition) is 2. The third kappa shape index (κ3) is 1.81. The Hall–Kier alpha value is -3.00. The fourth-order valence-corrected chi connectivity index (χ4v) is 3.01. The fourth-order valence-electron chi connectivity index (χ4n) is 3.01. The predicted octanol–water partition coefficient (Wildman–Crippen LogP) is 4.10. The van der Waals surface area contributed by atoms with Gasteiger partial charge in [-0.1, -0.05) is 48.5 Å². The first-order valence-corrected chi connectivity index (χ1v) is 7.13. The summed E-state index contributed by atoms with van der Waals surface area (Å²) in [5, 5.41) is 0. The largest absolute Gasteiger partial charge is 0.289 e.